The number of aryl methyl sites for hydroxylation is 1. The normalized spacial score (nSPS) is 16.5. The standard InChI is InChI=1S/C15H22ClNO2/c1-11-13(10-16)9-14(19-11)15(18)17-8-7-12-5-3-2-4-6-12/h9,12H,2-8,10H2,1H3,(H,17,18). The molecule has 1 aliphatic rings. The van der Waals surface area contributed by atoms with Gasteiger partial charge in [-0.25, -0.2) is 0 Å². The van der Waals surface area contributed by atoms with Crippen molar-refractivity contribution >= 4 is 17.5 Å². The van der Waals surface area contributed by atoms with Gasteiger partial charge in [-0.1, -0.05) is 32.1 Å². The molecule has 0 bridgehead atoms. The molecule has 1 saturated carbocycles. The van der Waals surface area contributed by atoms with Crippen molar-refractivity contribution in [1.29, 1.82) is 0 Å². The lowest BCUT2D eigenvalue weighted by atomic mass is 9.87. The summed E-state index contributed by atoms with van der Waals surface area (Å²) in [7, 11) is 0. The first kappa shape index (κ1) is 14.4. The molecule has 1 heterocycles. The molecule has 0 aromatic carbocycles. The van der Waals surface area contributed by atoms with E-state index in [0.717, 1.165) is 30.2 Å². The second-order valence-electron chi connectivity index (χ2n) is 5.37. The third kappa shape index (κ3) is 4.00. The van der Waals surface area contributed by atoms with Crippen molar-refractivity contribution in [2.75, 3.05) is 6.54 Å². The zero-order valence-corrected chi connectivity index (χ0v) is 12.3. The van der Waals surface area contributed by atoms with Crippen LogP contribution in [0.4, 0.5) is 0 Å². The van der Waals surface area contributed by atoms with Crippen LogP contribution in [0.2, 0.25) is 0 Å². The number of amides is 1. The van der Waals surface area contributed by atoms with Crippen molar-refractivity contribution in [3.8, 4) is 0 Å². The van der Waals surface area contributed by atoms with E-state index in [0.29, 0.717) is 11.6 Å². The van der Waals surface area contributed by atoms with E-state index in [1.165, 1.54) is 32.1 Å². The van der Waals surface area contributed by atoms with Crippen molar-refractivity contribution < 1.29 is 9.21 Å². The summed E-state index contributed by atoms with van der Waals surface area (Å²) in [4.78, 5) is 11.9. The van der Waals surface area contributed by atoms with E-state index in [9.17, 15) is 4.79 Å². The lowest BCUT2D eigenvalue weighted by molar-refractivity contribution is 0.0921. The first-order valence-corrected chi connectivity index (χ1v) is 7.67. The minimum absolute atomic E-state index is 0.129. The van der Waals surface area contributed by atoms with Gasteiger partial charge in [0, 0.05) is 12.1 Å². The van der Waals surface area contributed by atoms with Crippen LogP contribution in [0.5, 0.6) is 0 Å². The Morgan fingerprint density at radius 1 is 1.42 bits per heavy atom. The fourth-order valence-corrected chi connectivity index (χ4v) is 2.98. The summed E-state index contributed by atoms with van der Waals surface area (Å²) < 4.78 is 5.41. The molecule has 0 atom stereocenters. The third-order valence-corrected chi connectivity index (χ3v) is 4.24. The zero-order chi connectivity index (χ0) is 13.7. The smallest absolute Gasteiger partial charge is 0.287 e. The highest BCUT2D eigenvalue weighted by molar-refractivity contribution is 6.17. The molecule has 2 rings (SSSR count). The molecule has 1 aromatic rings. The molecule has 106 valence electrons. The maximum Gasteiger partial charge on any atom is 0.287 e. The fraction of sp³-hybridized carbons (Fsp3) is 0.667. The molecular formula is C15H22ClNO2. The molecule has 0 aliphatic heterocycles. The van der Waals surface area contributed by atoms with Gasteiger partial charge in [0.15, 0.2) is 5.76 Å². The molecular weight excluding hydrogens is 262 g/mol. The van der Waals surface area contributed by atoms with E-state index in [2.05, 4.69) is 5.32 Å². The molecule has 3 nitrogen and oxygen atoms in total. The number of rotatable bonds is 5. The number of furan rings is 1. The average Bonchev–Trinajstić information content (AvgIpc) is 2.81. The molecule has 0 radical (unpaired) electrons. The quantitative estimate of drug-likeness (QED) is 0.829. The lowest BCUT2D eigenvalue weighted by Crippen LogP contribution is -2.26. The molecule has 0 unspecified atom stereocenters. The average molecular weight is 284 g/mol. The second kappa shape index (κ2) is 6.99. The number of carbonyl (C=O) groups is 1. The molecule has 1 aromatic heterocycles. The largest absolute Gasteiger partial charge is 0.456 e. The van der Waals surface area contributed by atoms with Crippen LogP contribution in [0.15, 0.2) is 10.5 Å². The van der Waals surface area contributed by atoms with E-state index in [1.807, 2.05) is 6.92 Å². The summed E-state index contributed by atoms with van der Waals surface area (Å²) >= 11 is 5.76. The predicted molar refractivity (Wildman–Crippen MR) is 76.5 cm³/mol. The van der Waals surface area contributed by atoms with Gasteiger partial charge in [-0.15, -0.1) is 11.6 Å². The summed E-state index contributed by atoms with van der Waals surface area (Å²) in [6.45, 7) is 2.57. The predicted octanol–water partition coefficient (Wildman–Crippen LogP) is 4.03. The molecule has 0 saturated heterocycles. The van der Waals surface area contributed by atoms with Gasteiger partial charge in [-0.3, -0.25) is 4.79 Å². The molecule has 4 heteroatoms. The molecule has 19 heavy (non-hydrogen) atoms. The van der Waals surface area contributed by atoms with E-state index in [4.69, 9.17) is 16.0 Å². The van der Waals surface area contributed by atoms with Crippen LogP contribution in [0.1, 0.15) is 60.4 Å². The first-order chi connectivity index (χ1) is 9.20. The van der Waals surface area contributed by atoms with Crippen LogP contribution in [-0.4, -0.2) is 12.5 Å². The van der Waals surface area contributed by atoms with Gasteiger partial charge >= 0.3 is 0 Å². The Morgan fingerprint density at radius 3 is 2.79 bits per heavy atom. The number of alkyl halides is 1. The Balaban J connectivity index is 1.77. The number of hydrogen-bond donors (Lipinski definition) is 1. The molecule has 1 N–H and O–H groups in total. The molecule has 1 amide bonds. The van der Waals surface area contributed by atoms with Gasteiger partial charge in [0.2, 0.25) is 0 Å². The highest BCUT2D eigenvalue weighted by atomic mass is 35.5. The third-order valence-electron chi connectivity index (χ3n) is 3.95. The van der Waals surface area contributed by atoms with Gasteiger partial charge in [0.05, 0.1) is 5.88 Å². The van der Waals surface area contributed by atoms with Crippen LogP contribution in [0.25, 0.3) is 0 Å². The summed E-state index contributed by atoms with van der Waals surface area (Å²) in [5, 5.41) is 2.94. The molecule has 0 spiro atoms. The summed E-state index contributed by atoms with van der Waals surface area (Å²) in [6, 6.07) is 1.73. The fourth-order valence-electron chi connectivity index (χ4n) is 2.72. The number of nitrogens with one attached hydrogen (secondary N) is 1. The van der Waals surface area contributed by atoms with Gasteiger partial charge in [-0.05, 0) is 25.3 Å². The van der Waals surface area contributed by atoms with Crippen molar-refractivity contribution in [3.63, 3.8) is 0 Å². The highest BCUT2D eigenvalue weighted by Crippen LogP contribution is 2.25. The zero-order valence-electron chi connectivity index (χ0n) is 11.5. The maximum atomic E-state index is 11.9. The minimum atomic E-state index is -0.129. The van der Waals surface area contributed by atoms with Crippen molar-refractivity contribution in [3.05, 3.63) is 23.2 Å². The van der Waals surface area contributed by atoms with Crippen LogP contribution in [-0.2, 0) is 5.88 Å². The Bertz CT molecular complexity index is 422. The first-order valence-electron chi connectivity index (χ1n) is 7.14. The summed E-state index contributed by atoms with van der Waals surface area (Å²) in [6.07, 6.45) is 7.76. The van der Waals surface area contributed by atoms with Crippen LogP contribution >= 0.6 is 11.6 Å². The maximum absolute atomic E-state index is 11.9. The molecule has 1 fully saturated rings. The molecule has 1 aliphatic carbocycles. The van der Waals surface area contributed by atoms with Gasteiger partial charge in [0.25, 0.3) is 5.91 Å². The number of hydrogen-bond acceptors (Lipinski definition) is 2. The minimum Gasteiger partial charge on any atom is -0.456 e. The summed E-state index contributed by atoms with van der Waals surface area (Å²) in [5.41, 5.74) is 0.888. The van der Waals surface area contributed by atoms with E-state index in [1.54, 1.807) is 6.07 Å². The van der Waals surface area contributed by atoms with E-state index >= 15 is 0 Å². The number of carbonyl (C=O) groups excluding carboxylic acids is 1. The monoisotopic (exact) mass is 283 g/mol. The van der Waals surface area contributed by atoms with E-state index < -0.39 is 0 Å². The second-order valence-corrected chi connectivity index (χ2v) is 5.64. The van der Waals surface area contributed by atoms with Crippen molar-refractivity contribution in [1.82, 2.24) is 5.32 Å². The SMILES string of the molecule is Cc1oc(C(=O)NCCC2CCCCC2)cc1CCl. The van der Waals surface area contributed by atoms with Crippen LogP contribution in [0, 0.1) is 12.8 Å². The Kier molecular flexibility index (Phi) is 5.32. The lowest BCUT2D eigenvalue weighted by Gasteiger charge is -2.21. The van der Waals surface area contributed by atoms with Crippen LogP contribution in [0.3, 0.4) is 0 Å². The van der Waals surface area contributed by atoms with Gasteiger partial charge < -0.3 is 9.73 Å². The van der Waals surface area contributed by atoms with Gasteiger partial charge in [0.1, 0.15) is 5.76 Å². The van der Waals surface area contributed by atoms with Crippen molar-refractivity contribution in [2.45, 2.75) is 51.3 Å². The van der Waals surface area contributed by atoms with E-state index in [-0.39, 0.29) is 5.91 Å². The Labute approximate surface area is 119 Å². The Hall–Kier alpha value is -0.960. The Morgan fingerprint density at radius 2 is 2.16 bits per heavy atom. The topological polar surface area (TPSA) is 42.2 Å². The highest BCUT2D eigenvalue weighted by Gasteiger charge is 2.16. The van der Waals surface area contributed by atoms with Gasteiger partial charge in [-0.2, -0.15) is 0 Å². The number of halogens is 1. The van der Waals surface area contributed by atoms with Crippen LogP contribution < -0.4 is 5.32 Å². The van der Waals surface area contributed by atoms with Crippen molar-refractivity contribution in [2.24, 2.45) is 5.92 Å². The summed E-state index contributed by atoms with van der Waals surface area (Å²) in [5.74, 6) is 2.13.